The van der Waals surface area contributed by atoms with Crippen LogP contribution in [0.1, 0.15) is 97.7 Å². The van der Waals surface area contributed by atoms with Gasteiger partial charge in [-0.25, -0.2) is 14.6 Å². The molecular weight excluding hydrogens is 402 g/mol. The first-order valence-electron chi connectivity index (χ1n) is 11.3. The molecule has 170 valence electrons. The van der Waals surface area contributed by atoms with E-state index in [9.17, 15) is 9.59 Å². The maximum Gasteiger partial charge on any atom is 0.345 e. The Morgan fingerprint density at radius 1 is 0.969 bits per heavy atom. The average molecular weight is 436 g/mol. The second kappa shape index (κ2) is 9.27. The van der Waals surface area contributed by atoms with Gasteiger partial charge in [-0.05, 0) is 41.7 Å². The Labute approximate surface area is 190 Å². The number of nitrogens with zero attached hydrogens (tertiary/aromatic N) is 1. The van der Waals surface area contributed by atoms with Crippen molar-refractivity contribution in [3.63, 3.8) is 0 Å². The number of rotatable bonds is 8. The third-order valence-corrected chi connectivity index (χ3v) is 6.25. The van der Waals surface area contributed by atoms with Crippen LogP contribution in [0.15, 0.2) is 42.6 Å². The summed E-state index contributed by atoms with van der Waals surface area (Å²) in [5.74, 6) is -1.44. The van der Waals surface area contributed by atoms with E-state index in [2.05, 4.69) is 57.8 Å². The number of carbonyl (C=O) groups is 2. The number of hydrogen-bond acceptors (Lipinski definition) is 4. The fraction of sp³-hybridized carbons (Fsp3) is 0.444. The zero-order valence-corrected chi connectivity index (χ0v) is 19.7. The van der Waals surface area contributed by atoms with Crippen LogP contribution in [0.3, 0.4) is 0 Å². The van der Waals surface area contributed by atoms with Gasteiger partial charge in [0.25, 0.3) is 0 Å². The summed E-state index contributed by atoms with van der Waals surface area (Å²) >= 11 is 0. The minimum Gasteiger partial charge on any atom is -0.478 e. The highest BCUT2D eigenvalue weighted by molar-refractivity contribution is 5.93. The van der Waals surface area contributed by atoms with Crippen LogP contribution < -0.4 is 4.74 Å². The Balaban J connectivity index is 1.98. The molecule has 32 heavy (non-hydrogen) atoms. The van der Waals surface area contributed by atoms with Crippen molar-refractivity contribution in [1.82, 2.24) is 4.98 Å². The van der Waals surface area contributed by atoms with Gasteiger partial charge < -0.3 is 9.84 Å². The number of carboxylic acid groups (broad SMARTS) is 1. The topological polar surface area (TPSA) is 76.5 Å². The van der Waals surface area contributed by atoms with E-state index >= 15 is 0 Å². The largest absolute Gasteiger partial charge is 0.478 e. The van der Waals surface area contributed by atoms with Crippen molar-refractivity contribution in [3.8, 4) is 5.88 Å². The summed E-state index contributed by atoms with van der Waals surface area (Å²) in [5, 5.41) is 9.04. The van der Waals surface area contributed by atoms with Gasteiger partial charge in [-0.3, -0.25) is 0 Å². The van der Waals surface area contributed by atoms with E-state index in [1.165, 1.54) is 30.3 Å². The zero-order chi connectivity index (χ0) is 23.5. The predicted octanol–water partition coefficient (Wildman–Crippen LogP) is 6.25. The molecule has 1 aromatic heterocycles. The average Bonchev–Trinajstić information content (AvgIpc) is 2.74. The van der Waals surface area contributed by atoms with E-state index in [1.54, 1.807) is 0 Å². The van der Waals surface area contributed by atoms with Crippen molar-refractivity contribution >= 4 is 11.9 Å². The van der Waals surface area contributed by atoms with Crippen LogP contribution in [0.4, 0.5) is 0 Å². The maximum atomic E-state index is 13.2. The highest BCUT2D eigenvalue weighted by atomic mass is 16.5. The Hall–Kier alpha value is -2.95. The lowest BCUT2D eigenvalue weighted by atomic mass is 9.67. The molecule has 0 spiro atoms. The van der Waals surface area contributed by atoms with Gasteiger partial charge in [-0.15, -0.1) is 0 Å². The number of ether oxygens (including phenoxy) is 1. The van der Waals surface area contributed by atoms with Gasteiger partial charge >= 0.3 is 11.9 Å². The second-order valence-electron chi connectivity index (χ2n) is 9.72. The molecule has 1 heterocycles. The van der Waals surface area contributed by atoms with Crippen molar-refractivity contribution in [1.29, 1.82) is 0 Å². The Bertz CT molecular complexity index is 1030. The molecular formula is C27H33NO4. The van der Waals surface area contributed by atoms with Crippen LogP contribution in [0.5, 0.6) is 5.88 Å². The van der Waals surface area contributed by atoms with Crippen molar-refractivity contribution < 1.29 is 19.4 Å². The van der Waals surface area contributed by atoms with Gasteiger partial charge in [0.05, 0.1) is 11.1 Å². The number of aryl methyl sites for hydroxylation is 1. The number of carboxylic acids is 1. The monoisotopic (exact) mass is 435 g/mol. The summed E-state index contributed by atoms with van der Waals surface area (Å²) in [7, 11) is 0. The number of unbranched alkanes of at least 4 members (excludes halogenated alkanes) is 3. The van der Waals surface area contributed by atoms with Crippen LogP contribution in [0, 0.1) is 0 Å². The molecule has 0 saturated heterocycles. The fourth-order valence-corrected chi connectivity index (χ4v) is 4.16. The Morgan fingerprint density at radius 2 is 1.62 bits per heavy atom. The number of carbonyl (C=O) groups excluding carboxylic acids is 1. The minimum absolute atomic E-state index is 0.0472. The number of benzene rings is 1. The maximum absolute atomic E-state index is 13.2. The van der Waals surface area contributed by atoms with E-state index in [0.29, 0.717) is 5.56 Å². The molecule has 1 aliphatic carbocycles. The normalized spacial score (nSPS) is 15.8. The van der Waals surface area contributed by atoms with Gasteiger partial charge in [-0.2, -0.15) is 0 Å². The number of pyridine rings is 1. The van der Waals surface area contributed by atoms with Gasteiger partial charge in [0, 0.05) is 23.1 Å². The highest BCUT2D eigenvalue weighted by Crippen LogP contribution is 2.42. The van der Waals surface area contributed by atoms with Crippen LogP contribution in [0.2, 0.25) is 0 Å². The molecule has 0 bridgehead atoms. The van der Waals surface area contributed by atoms with Gasteiger partial charge in [-0.1, -0.05) is 72.1 Å². The minimum atomic E-state index is -1.07. The molecule has 0 atom stereocenters. The van der Waals surface area contributed by atoms with E-state index in [1.807, 2.05) is 6.07 Å². The van der Waals surface area contributed by atoms with E-state index in [-0.39, 0.29) is 22.3 Å². The molecule has 0 aliphatic heterocycles. The van der Waals surface area contributed by atoms with Crippen LogP contribution in [-0.2, 0) is 17.3 Å². The van der Waals surface area contributed by atoms with Crippen molar-refractivity contribution in [2.45, 2.75) is 77.6 Å². The first-order valence-corrected chi connectivity index (χ1v) is 11.3. The summed E-state index contributed by atoms with van der Waals surface area (Å²) in [5.41, 5.74) is 3.67. The van der Waals surface area contributed by atoms with Crippen molar-refractivity contribution in [2.24, 2.45) is 0 Å². The molecule has 1 aliphatic rings. The zero-order valence-electron chi connectivity index (χ0n) is 19.7. The molecule has 1 N–H and O–H groups in total. The summed E-state index contributed by atoms with van der Waals surface area (Å²) in [6.07, 6.45) is 10.9. The van der Waals surface area contributed by atoms with E-state index in [0.717, 1.165) is 36.8 Å². The van der Waals surface area contributed by atoms with Crippen LogP contribution >= 0.6 is 0 Å². The predicted molar refractivity (Wildman–Crippen MR) is 126 cm³/mol. The SMILES string of the molecule is CCCCCCc1cc2c(cc1C(=O)Oc1ccc(C(=O)O)cn1)C(C)(C)C=CC2(C)C. The standard InChI is InChI=1S/C27H33NO4/c1-6-7-8-9-10-18-15-21-22(27(4,5)14-13-26(21,2)3)16-20(18)25(31)32-23-12-11-19(17-28-23)24(29)30/h11-17H,6-10H2,1-5H3,(H,29,30). The van der Waals surface area contributed by atoms with Gasteiger partial charge in [0.2, 0.25) is 5.88 Å². The first kappa shape index (κ1) is 23.7. The number of aromatic nitrogens is 1. The van der Waals surface area contributed by atoms with Crippen molar-refractivity contribution in [3.05, 3.63) is 70.4 Å². The number of hydrogen-bond donors (Lipinski definition) is 1. The molecule has 0 fully saturated rings. The summed E-state index contributed by atoms with van der Waals surface area (Å²) < 4.78 is 5.55. The smallest absolute Gasteiger partial charge is 0.345 e. The van der Waals surface area contributed by atoms with E-state index < -0.39 is 11.9 Å². The molecule has 5 nitrogen and oxygen atoms in total. The molecule has 2 aromatic rings. The number of aromatic carboxylic acids is 1. The van der Waals surface area contributed by atoms with Gasteiger partial charge in [0.15, 0.2) is 0 Å². The molecule has 0 unspecified atom stereocenters. The summed E-state index contributed by atoms with van der Waals surface area (Å²) in [4.78, 5) is 28.2. The number of esters is 1. The highest BCUT2D eigenvalue weighted by Gasteiger charge is 2.34. The summed E-state index contributed by atoms with van der Waals surface area (Å²) in [6.45, 7) is 10.9. The first-order chi connectivity index (χ1) is 15.0. The van der Waals surface area contributed by atoms with Crippen molar-refractivity contribution in [2.75, 3.05) is 0 Å². The van der Waals surface area contributed by atoms with E-state index in [4.69, 9.17) is 9.84 Å². The third-order valence-electron chi connectivity index (χ3n) is 6.25. The quantitative estimate of drug-likeness (QED) is 0.301. The third kappa shape index (κ3) is 5.09. The molecule has 0 saturated carbocycles. The van der Waals surface area contributed by atoms with Crippen LogP contribution in [-0.4, -0.2) is 22.0 Å². The number of fused-ring (bicyclic) bond motifs is 1. The summed E-state index contributed by atoms with van der Waals surface area (Å²) in [6, 6.07) is 6.97. The Morgan fingerprint density at radius 3 is 2.19 bits per heavy atom. The molecule has 0 amide bonds. The lowest BCUT2D eigenvalue weighted by Crippen LogP contribution is -2.30. The lowest BCUT2D eigenvalue weighted by molar-refractivity contribution is 0.0696. The Kier molecular flexibility index (Phi) is 6.87. The number of allylic oxidation sites excluding steroid dienone is 2. The van der Waals surface area contributed by atoms with Crippen LogP contribution in [0.25, 0.3) is 0 Å². The molecule has 3 rings (SSSR count). The molecule has 5 heteroatoms. The molecule has 0 radical (unpaired) electrons. The fourth-order valence-electron chi connectivity index (χ4n) is 4.16. The second-order valence-corrected chi connectivity index (χ2v) is 9.72. The molecule has 1 aromatic carbocycles. The lowest BCUT2D eigenvalue weighted by Gasteiger charge is -2.37. The van der Waals surface area contributed by atoms with Gasteiger partial charge in [0.1, 0.15) is 0 Å².